The molecule has 3 aromatic heterocycles. The first-order valence-electron chi connectivity index (χ1n) is 21.5. The molecule has 3 fully saturated rings. The van der Waals surface area contributed by atoms with E-state index in [2.05, 4.69) is 4.98 Å². The Bertz CT molecular complexity index is 2530. The third-order valence-corrected chi connectivity index (χ3v) is 13.0. The van der Waals surface area contributed by atoms with Crippen molar-refractivity contribution in [2.75, 3.05) is 13.2 Å². The highest BCUT2D eigenvalue weighted by molar-refractivity contribution is 5.93. The number of nitrogens with zero attached hydrogens (tertiary/aromatic N) is 1. The fraction of sp³-hybridized carbons (Fsp3) is 0.522. The average molecular weight is 968 g/mol. The number of aromatic nitrogens is 1. The van der Waals surface area contributed by atoms with Gasteiger partial charge in [-0.05, 0) is 51.5 Å². The minimum absolute atomic E-state index is 0.0315. The smallest absolute Gasteiger partial charge is 0.350 e. The zero-order chi connectivity index (χ0) is 50.4. The van der Waals surface area contributed by atoms with Crippen molar-refractivity contribution in [3.8, 4) is 0 Å². The first kappa shape index (κ1) is 49.8. The molecule has 0 radical (unpaired) electrons. The molecule has 370 valence electrons. The topological polar surface area (TPSA) is 305 Å². The number of carbonyl (C=O) groups excluding carboxylic acids is 9. The van der Waals surface area contributed by atoms with Crippen molar-refractivity contribution in [2.24, 2.45) is 11.3 Å². The molecule has 0 aromatic carbocycles. The van der Waals surface area contributed by atoms with Crippen molar-refractivity contribution in [1.29, 1.82) is 0 Å². The van der Waals surface area contributed by atoms with Crippen LogP contribution in [0.3, 0.4) is 0 Å². The van der Waals surface area contributed by atoms with Crippen LogP contribution in [-0.2, 0) is 82.6 Å². The summed E-state index contributed by atoms with van der Waals surface area (Å²) in [4.78, 5) is 129. The Labute approximate surface area is 392 Å². The Morgan fingerprint density at radius 1 is 0.739 bits per heavy atom. The predicted octanol–water partition coefficient (Wildman–Crippen LogP) is 2.32. The van der Waals surface area contributed by atoms with Crippen molar-refractivity contribution in [1.82, 2.24) is 4.98 Å². The van der Waals surface area contributed by atoms with E-state index >= 15 is 4.79 Å². The van der Waals surface area contributed by atoms with Gasteiger partial charge in [-0.2, -0.15) is 0 Å². The number of cyclic esters (lactones) is 1. The van der Waals surface area contributed by atoms with Gasteiger partial charge in [0.25, 0.3) is 0 Å². The van der Waals surface area contributed by atoms with E-state index in [1.165, 1.54) is 37.4 Å². The second-order valence-corrected chi connectivity index (χ2v) is 17.7. The fourth-order valence-electron chi connectivity index (χ4n) is 10.3. The zero-order valence-corrected chi connectivity index (χ0v) is 38.5. The van der Waals surface area contributed by atoms with Gasteiger partial charge in [-0.25, -0.2) is 19.2 Å². The quantitative estimate of drug-likeness (QED) is 0.225. The van der Waals surface area contributed by atoms with Crippen LogP contribution < -0.4 is 0 Å². The van der Waals surface area contributed by atoms with E-state index in [1.807, 2.05) is 0 Å². The Balaban J connectivity index is 1.61. The number of fused-ring (bicyclic) bond motifs is 5. The molecule has 2 saturated carbocycles. The van der Waals surface area contributed by atoms with Crippen LogP contribution in [0.2, 0.25) is 0 Å². The molecule has 1 unspecified atom stereocenters. The molecule has 2 aliphatic heterocycles. The van der Waals surface area contributed by atoms with E-state index < -0.39 is 144 Å². The molecule has 4 aliphatic rings. The van der Waals surface area contributed by atoms with Gasteiger partial charge < -0.3 is 61.3 Å². The van der Waals surface area contributed by atoms with Gasteiger partial charge in [-0.3, -0.25) is 29.0 Å². The molecule has 0 amide bonds. The van der Waals surface area contributed by atoms with Crippen LogP contribution in [0, 0.1) is 11.3 Å². The third kappa shape index (κ3) is 8.57. The van der Waals surface area contributed by atoms with Crippen LogP contribution >= 0.6 is 0 Å². The predicted molar refractivity (Wildman–Crippen MR) is 221 cm³/mol. The molecule has 69 heavy (non-hydrogen) atoms. The first-order chi connectivity index (χ1) is 32.4. The summed E-state index contributed by atoms with van der Waals surface area (Å²) >= 11 is 0. The van der Waals surface area contributed by atoms with E-state index in [0.29, 0.717) is 0 Å². The highest BCUT2D eigenvalue weighted by Crippen LogP contribution is 2.70. The zero-order valence-electron chi connectivity index (χ0n) is 38.5. The summed E-state index contributed by atoms with van der Waals surface area (Å²) in [6.07, 6.45) is -8.39. The van der Waals surface area contributed by atoms with Gasteiger partial charge in [0.15, 0.2) is 30.0 Å². The highest BCUT2D eigenvalue weighted by atomic mass is 16.7. The molecule has 1 saturated heterocycles. The van der Waals surface area contributed by atoms with Gasteiger partial charge in [0, 0.05) is 47.2 Å². The summed E-state index contributed by atoms with van der Waals surface area (Å²) < 4.78 is 71.4. The van der Waals surface area contributed by atoms with Crippen molar-refractivity contribution >= 4 is 53.7 Å². The third-order valence-electron chi connectivity index (χ3n) is 13.0. The average Bonchev–Trinajstić information content (AvgIpc) is 4.05. The van der Waals surface area contributed by atoms with Crippen LogP contribution in [-0.4, -0.2) is 136 Å². The van der Waals surface area contributed by atoms with Gasteiger partial charge in [-0.15, -0.1) is 0 Å². The summed E-state index contributed by atoms with van der Waals surface area (Å²) in [7, 11) is 0. The molecule has 4 bridgehead atoms. The maximum Gasteiger partial charge on any atom is 0.350 e. The summed E-state index contributed by atoms with van der Waals surface area (Å²) in [5.41, 5.74) is -14.0. The van der Waals surface area contributed by atoms with E-state index in [1.54, 1.807) is 0 Å². The Hall–Kier alpha value is -7.14. The minimum atomic E-state index is -3.08. The molecule has 1 N–H and O–H groups in total. The number of hydrogen-bond donors (Lipinski definition) is 1. The highest BCUT2D eigenvalue weighted by Gasteiger charge is 2.92. The number of pyridine rings is 1. The van der Waals surface area contributed by atoms with Gasteiger partial charge in [-0.1, -0.05) is 0 Å². The molecular formula is C46H49NO22. The second kappa shape index (κ2) is 18.4. The van der Waals surface area contributed by atoms with Crippen molar-refractivity contribution in [2.45, 2.75) is 127 Å². The standard InChI is InChI=1S/C46H49NO22/c1-22(48)60-21-45-36(64-25(4)51)32(62-23(2)49)31-34(63-24(3)50)46(45)44(8,57)35(33(37(45)65-26(5)52)66-38(53)27-12-16-58-18-27)67-41(56)42(6,68-39(54)28-13-17-59-19-28)14-11-30-29(10-9-15-47-30)40(55)61-20-43(31,7)69-46/h9-10,12-13,15-19,31-37,57H,11,14,20-21H2,1-8H3/t31?,32-,33+,34-,35+,36-,37+,42-,43+,44+,45-,46+/m1/s1. The number of aliphatic hydroxyl groups is 1. The largest absolute Gasteiger partial charge is 0.472 e. The van der Waals surface area contributed by atoms with Gasteiger partial charge in [0.05, 0.1) is 40.8 Å². The Kier molecular flexibility index (Phi) is 13.3. The number of carbonyl (C=O) groups is 9. The monoisotopic (exact) mass is 967 g/mol. The van der Waals surface area contributed by atoms with E-state index in [4.69, 9.17) is 56.2 Å². The number of esters is 9. The number of aryl methyl sites for hydroxylation is 1. The van der Waals surface area contributed by atoms with E-state index in [9.17, 15) is 43.5 Å². The molecule has 5 heterocycles. The van der Waals surface area contributed by atoms with Crippen molar-refractivity contribution in [3.63, 3.8) is 0 Å². The van der Waals surface area contributed by atoms with E-state index in [0.717, 1.165) is 73.5 Å². The summed E-state index contributed by atoms with van der Waals surface area (Å²) in [6.45, 7) is 6.17. The van der Waals surface area contributed by atoms with Crippen molar-refractivity contribution in [3.05, 3.63) is 77.9 Å². The van der Waals surface area contributed by atoms with Crippen LogP contribution in [0.15, 0.2) is 64.3 Å². The van der Waals surface area contributed by atoms with Crippen LogP contribution in [0.1, 0.15) is 98.6 Å². The lowest BCUT2D eigenvalue weighted by molar-refractivity contribution is -0.386. The van der Waals surface area contributed by atoms with Crippen LogP contribution in [0.5, 0.6) is 0 Å². The maximum atomic E-state index is 15.3. The lowest BCUT2D eigenvalue weighted by atomic mass is 9.45. The normalized spacial score (nSPS) is 33.7. The second-order valence-electron chi connectivity index (χ2n) is 17.7. The van der Waals surface area contributed by atoms with Gasteiger partial charge in [0.1, 0.15) is 54.6 Å². The number of ether oxygens (including phenoxy) is 10. The molecule has 12 atom stereocenters. The minimum Gasteiger partial charge on any atom is -0.472 e. The lowest BCUT2D eigenvalue weighted by Gasteiger charge is -2.67. The molecule has 7 rings (SSSR count). The molecule has 3 aromatic rings. The van der Waals surface area contributed by atoms with Gasteiger partial charge >= 0.3 is 53.7 Å². The molecule has 23 heteroatoms. The van der Waals surface area contributed by atoms with Crippen LogP contribution in [0.25, 0.3) is 0 Å². The molecule has 1 spiro atoms. The van der Waals surface area contributed by atoms with Gasteiger partial charge in [0.2, 0.25) is 5.60 Å². The lowest BCUT2D eigenvalue weighted by Crippen LogP contribution is -2.89. The van der Waals surface area contributed by atoms with Crippen molar-refractivity contribution < 1.29 is 104 Å². The Morgan fingerprint density at radius 2 is 1.32 bits per heavy atom. The number of hydrogen-bond acceptors (Lipinski definition) is 23. The summed E-state index contributed by atoms with van der Waals surface area (Å²) in [6, 6.07) is 5.19. The number of furan rings is 2. The fourth-order valence-corrected chi connectivity index (χ4v) is 10.3. The summed E-state index contributed by atoms with van der Waals surface area (Å²) in [5.74, 6) is -12.0. The molecular weight excluding hydrogens is 918 g/mol. The SMILES string of the molecule is CC(=O)OC[C@]12[C@H](OC(C)=O)[C@H](OC(C)=O)C3[C@@H](OC(C)=O)[C@@]14O[C@@]3(C)COC(=O)c1cccnc1CC[C@@](C)(OC(=O)c1ccoc1)C(=O)O[C@@H]([C@H](OC(=O)c1ccoc1)[C@@H]2OC(C)=O)[C@]4(C)O. The van der Waals surface area contributed by atoms with Crippen LogP contribution in [0.4, 0.5) is 0 Å². The van der Waals surface area contributed by atoms with E-state index in [-0.39, 0.29) is 28.8 Å². The Morgan fingerprint density at radius 3 is 1.88 bits per heavy atom. The number of rotatable bonds is 10. The summed E-state index contributed by atoms with van der Waals surface area (Å²) in [5, 5.41) is 13.9. The molecule has 23 nitrogen and oxygen atoms in total. The maximum absolute atomic E-state index is 15.3. The molecule has 2 aliphatic carbocycles. The first-order valence-corrected chi connectivity index (χ1v) is 21.5.